The zero-order chi connectivity index (χ0) is 17.6. The molecule has 8 heteroatoms. The number of tetrazole rings is 1. The summed E-state index contributed by atoms with van der Waals surface area (Å²) in [6.07, 6.45) is 0. The van der Waals surface area contributed by atoms with Crippen LogP contribution in [-0.4, -0.2) is 20.2 Å². The van der Waals surface area contributed by atoms with E-state index in [1.54, 1.807) is 4.68 Å². The fourth-order valence-electron chi connectivity index (χ4n) is 2.31. The van der Waals surface area contributed by atoms with E-state index >= 15 is 0 Å². The Labute approximate surface area is 162 Å². The third-order valence-corrected chi connectivity index (χ3v) is 4.74. The summed E-state index contributed by atoms with van der Waals surface area (Å²) in [6.45, 7) is 3.83. The number of hydrogen-bond donors (Lipinski definition) is 1. The number of anilines is 1. The van der Waals surface area contributed by atoms with Gasteiger partial charge < -0.3 is 10.1 Å². The van der Waals surface area contributed by atoms with Gasteiger partial charge in [0.1, 0.15) is 12.4 Å². The molecule has 130 valence electrons. The molecule has 0 aliphatic heterocycles. The Bertz CT molecular complexity index is 815. The topological polar surface area (TPSA) is 64.9 Å². The number of benzene rings is 2. The molecule has 0 amide bonds. The van der Waals surface area contributed by atoms with E-state index in [4.69, 9.17) is 4.74 Å². The SMILES string of the molecule is CCn1nnnc1NCc1cc(Br)c(OCc2ccccc2)c(Br)c1. The highest BCUT2D eigenvalue weighted by atomic mass is 79.9. The van der Waals surface area contributed by atoms with Crippen LogP contribution in [0.3, 0.4) is 0 Å². The van der Waals surface area contributed by atoms with Gasteiger partial charge in [0.05, 0.1) is 8.95 Å². The van der Waals surface area contributed by atoms with Gasteiger partial charge in [0.25, 0.3) is 0 Å². The average Bonchev–Trinajstić information content (AvgIpc) is 3.07. The van der Waals surface area contributed by atoms with Gasteiger partial charge in [0.2, 0.25) is 5.95 Å². The molecule has 3 aromatic rings. The molecule has 0 spiro atoms. The maximum absolute atomic E-state index is 5.94. The predicted octanol–water partition coefficient (Wildman–Crippen LogP) is 4.41. The second-order valence-electron chi connectivity index (χ2n) is 5.33. The van der Waals surface area contributed by atoms with Crippen molar-refractivity contribution in [1.82, 2.24) is 20.2 Å². The molecule has 0 bridgehead atoms. The van der Waals surface area contributed by atoms with Gasteiger partial charge in [-0.25, -0.2) is 4.68 Å². The number of nitrogens with zero attached hydrogens (tertiary/aromatic N) is 4. The highest BCUT2D eigenvalue weighted by Gasteiger charge is 2.10. The van der Waals surface area contributed by atoms with Crippen molar-refractivity contribution in [3.8, 4) is 5.75 Å². The first-order chi connectivity index (χ1) is 12.2. The van der Waals surface area contributed by atoms with Gasteiger partial charge in [-0.2, -0.15) is 0 Å². The molecule has 0 unspecified atom stereocenters. The van der Waals surface area contributed by atoms with Crippen molar-refractivity contribution in [2.24, 2.45) is 0 Å². The van der Waals surface area contributed by atoms with Gasteiger partial charge in [0, 0.05) is 13.1 Å². The van der Waals surface area contributed by atoms with Gasteiger partial charge in [-0.3, -0.25) is 0 Å². The zero-order valence-electron chi connectivity index (χ0n) is 13.6. The minimum Gasteiger partial charge on any atom is -0.487 e. The van der Waals surface area contributed by atoms with Gasteiger partial charge in [-0.15, -0.1) is 0 Å². The van der Waals surface area contributed by atoms with Crippen LogP contribution in [0.4, 0.5) is 5.95 Å². The highest BCUT2D eigenvalue weighted by Crippen LogP contribution is 2.35. The molecule has 2 aromatic carbocycles. The van der Waals surface area contributed by atoms with E-state index in [2.05, 4.69) is 52.7 Å². The van der Waals surface area contributed by atoms with Crippen molar-refractivity contribution >= 4 is 37.8 Å². The molecular formula is C17H17Br2N5O. The third-order valence-electron chi connectivity index (χ3n) is 3.57. The molecule has 25 heavy (non-hydrogen) atoms. The molecule has 0 atom stereocenters. The number of rotatable bonds is 7. The van der Waals surface area contributed by atoms with Gasteiger partial charge in [0.15, 0.2) is 0 Å². The largest absolute Gasteiger partial charge is 0.487 e. The Kier molecular flexibility index (Phi) is 6.04. The average molecular weight is 467 g/mol. The van der Waals surface area contributed by atoms with Crippen molar-refractivity contribution in [1.29, 1.82) is 0 Å². The molecule has 0 radical (unpaired) electrons. The molecular weight excluding hydrogens is 450 g/mol. The summed E-state index contributed by atoms with van der Waals surface area (Å²) < 4.78 is 9.44. The number of halogens is 2. The second-order valence-corrected chi connectivity index (χ2v) is 7.04. The predicted molar refractivity (Wildman–Crippen MR) is 103 cm³/mol. The van der Waals surface area contributed by atoms with Crippen LogP contribution in [0.15, 0.2) is 51.4 Å². The van der Waals surface area contributed by atoms with Crippen LogP contribution in [0, 0.1) is 0 Å². The first kappa shape index (κ1) is 17.9. The first-order valence-corrected chi connectivity index (χ1v) is 9.40. The maximum Gasteiger partial charge on any atom is 0.243 e. The lowest BCUT2D eigenvalue weighted by Crippen LogP contribution is -2.08. The van der Waals surface area contributed by atoms with Crippen molar-refractivity contribution in [3.63, 3.8) is 0 Å². The molecule has 0 fully saturated rings. The fraction of sp³-hybridized carbons (Fsp3) is 0.235. The monoisotopic (exact) mass is 465 g/mol. The zero-order valence-corrected chi connectivity index (χ0v) is 16.8. The summed E-state index contributed by atoms with van der Waals surface area (Å²) in [4.78, 5) is 0. The Morgan fingerprint density at radius 1 is 1.08 bits per heavy atom. The highest BCUT2D eigenvalue weighted by molar-refractivity contribution is 9.11. The summed E-state index contributed by atoms with van der Waals surface area (Å²) in [7, 11) is 0. The van der Waals surface area contributed by atoms with Crippen LogP contribution >= 0.6 is 31.9 Å². The number of aryl methyl sites for hydroxylation is 1. The molecule has 1 heterocycles. The van der Waals surface area contributed by atoms with Crippen molar-refractivity contribution < 1.29 is 4.74 Å². The van der Waals surface area contributed by atoms with E-state index in [1.807, 2.05) is 49.4 Å². The van der Waals surface area contributed by atoms with E-state index in [1.165, 1.54) is 0 Å². The summed E-state index contributed by atoms with van der Waals surface area (Å²) in [5, 5.41) is 14.8. The fourth-order valence-corrected chi connectivity index (χ4v) is 3.82. The normalized spacial score (nSPS) is 10.7. The van der Waals surface area contributed by atoms with Crippen molar-refractivity contribution in [2.45, 2.75) is 26.6 Å². The number of nitrogens with one attached hydrogen (secondary N) is 1. The van der Waals surface area contributed by atoms with Crippen LogP contribution in [-0.2, 0) is 19.7 Å². The lowest BCUT2D eigenvalue weighted by atomic mass is 10.2. The standard InChI is InChI=1S/C17H17Br2N5O/c1-2-24-17(21-22-23-24)20-10-13-8-14(18)16(15(19)9-13)25-11-12-6-4-3-5-7-12/h3-9H,2,10-11H2,1H3,(H,20,21,23). The molecule has 6 nitrogen and oxygen atoms in total. The van der Waals surface area contributed by atoms with Crippen molar-refractivity contribution in [3.05, 3.63) is 62.5 Å². The molecule has 0 saturated heterocycles. The molecule has 0 aliphatic carbocycles. The molecule has 1 N–H and O–H groups in total. The summed E-state index contributed by atoms with van der Waals surface area (Å²) in [5.41, 5.74) is 2.20. The minimum atomic E-state index is 0.515. The molecule has 0 saturated carbocycles. The van der Waals surface area contributed by atoms with Crippen LogP contribution in [0.2, 0.25) is 0 Å². The molecule has 0 aliphatic rings. The van der Waals surface area contributed by atoms with E-state index in [-0.39, 0.29) is 0 Å². The van der Waals surface area contributed by atoms with Crippen LogP contribution in [0.1, 0.15) is 18.1 Å². The smallest absolute Gasteiger partial charge is 0.243 e. The minimum absolute atomic E-state index is 0.515. The van der Waals surface area contributed by atoms with E-state index < -0.39 is 0 Å². The number of ether oxygens (including phenoxy) is 1. The summed E-state index contributed by atoms with van der Waals surface area (Å²) in [5.74, 6) is 1.44. The van der Waals surface area contributed by atoms with Gasteiger partial charge >= 0.3 is 0 Å². The Morgan fingerprint density at radius 3 is 2.48 bits per heavy atom. The van der Waals surface area contributed by atoms with Crippen LogP contribution in [0.25, 0.3) is 0 Å². The number of hydrogen-bond acceptors (Lipinski definition) is 5. The van der Waals surface area contributed by atoms with Crippen LogP contribution < -0.4 is 10.1 Å². The van der Waals surface area contributed by atoms with E-state index in [9.17, 15) is 0 Å². The Balaban J connectivity index is 1.67. The lowest BCUT2D eigenvalue weighted by Gasteiger charge is -2.13. The lowest BCUT2D eigenvalue weighted by molar-refractivity contribution is 0.302. The van der Waals surface area contributed by atoms with E-state index in [0.29, 0.717) is 19.1 Å². The molecule has 3 rings (SSSR count). The van der Waals surface area contributed by atoms with Crippen molar-refractivity contribution in [2.75, 3.05) is 5.32 Å². The Morgan fingerprint density at radius 2 is 1.80 bits per heavy atom. The second kappa shape index (κ2) is 8.44. The maximum atomic E-state index is 5.94. The quantitative estimate of drug-likeness (QED) is 0.558. The van der Waals surface area contributed by atoms with Gasteiger partial charge in [-0.05, 0) is 72.5 Å². The summed E-state index contributed by atoms with van der Waals surface area (Å²) >= 11 is 7.18. The summed E-state index contributed by atoms with van der Waals surface area (Å²) in [6, 6.07) is 14.1. The Hall–Kier alpha value is -1.93. The third kappa shape index (κ3) is 4.58. The molecule has 1 aromatic heterocycles. The van der Waals surface area contributed by atoms with Gasteiger partial charge in [-0.1, -0.05) is 35.4 Å². The van der Waals surface area contributed by atoms with E-state index in [0.717, 1.165) is 32.4 Å². The first-order valence-electron chi connectivity index (χ1n) is 7.82. The van der Waals surface area contributed by atoms with Crippen LogP contribution in [0.5, 0.6) is 5.75 Å². The number of aromatic nitrogens is 4.